The average Bonchev–Trinajstić information content (AvgIpc) is 4.30. The Labute approximate surface area is 479 Å². The van der Waals surface area contributed by atoms with Crippen LogP contribution in [0.1, 0.15) is 178 Å². The number of imide groups is 1. The predicted molar refractivity (Wildman–Crippen MR) is 335 cm³/mol. The molecule has 7 aromatic rings. The van der Waals surface area contributed by atoms with Gasteiger partial charge in [0.25, 0.3) is 11.8 Å². The Balaban J connectivity index is 1.04. The summed E-state index contributed by atoms with van der Waals surface area (Å²) < 4.78 is 0. The second kappa shape index (κ2) is 23.6. The summed E-state index contributed by atoms with van der Waals surface area (Å²) in [6, 6.07) is 48.3. The van der Waals surface area contributed by atoms with Crippen LogP contribution in [0.5, 0.6) is 0 Å². The molecular weight excluding hydrogens is 1000 g/mol. The van der Waals surface area contributed by atoms with E-state index in [1.165, 1.54) is 106 Å². The molecule has 1 atom stereocenters. The van der Waals surface area contributed by atoms with Gasteiger partial charge in [0.15, 0.2) is 0 Å². The molecule has 5 nitrogen and oxygen atoms in total. The van der Waals surface area contributed by atoms with Crippen LogP contribution in [0.3, 0.4) is 0 Å². The molecule has 0 bridgehead atoms. The van der Waals surface area contributed by atoms with Gasteiger partial charge in [0.2, 0.25) is 0 Å². The maximum absolute atomic E-state index is 14.5. The molecule has 0 N–H and O–H groups in total. The number of unbranched alkanes of at least 4 members (excludes halogenated alkanes) is 7. The molecule has 3 aliphatic rings. The van der Waals surface area contributed by atoms with E-state index >= 15 is 0 Å². The van der Waals surface area contributed by atoms with Gasteiger partial charge in [-0.05, 0) is 166 Å². The minimum Gasteiger partial charge on any atom is -0.310 e. The molecule has 0 saturated carbocycles. The molecule has 10 rings (SSSR count). The van der Waals surface area contributed by atoms with E-state index in [-0.39, 0.29) is 28.2 Å². The highest BCUT2D eigenvalue weighted by atomic mass is 32.1. The summed E-state index contributed by atoms with van der Waals surface area (Å²) >= 11 is 3.62. The number of rotatable bonds is 22. The minimum atomic E-state index is -0.459. The van der Waals surface area contributed by atoms with Crippen molar-refractivity contribution in [3.63, 3.8) is 0 Å². The van der Waals surface area contributed by atoms with Crippen molar-refractivity contribution in [3.05, 3.63) is 176 Å². The van der Waals surface area contributed by atoms with E-state index < -0.39 is 5.91 Å². The summed E-state index contributed by atoms with van der Waals surface area (Å²) in [5.74, 6) is -0.546. The maximum Gasteiger partial charge on any atom is 0.271 e. The first-order valence-corrected chi connectivity index (χ1v) is 31.2. The van der Waals surface area contributed by atoms with Gasteiger partial charge in [0.05, 0.1) is 0 Å². The number of thiophene rings is 2. The number of hydrogen-bond donors (Lipinski definition) is 0. The van der Waals surface area contributed by atoms with Crippen LogP contribution in [-0.4, -0.2) is 23.3 Å². The maximum atomic E-state index is 14.5. The summed E-state index contributed by atoms with van der Waals surface area (Å²) in [7, 11) is 0. The zero-order valence-corrected chi connectivity index (χ0v) is 49.9. The molecule has 5 aromatic carbocycles. The Morgan fingerprint density at radius 2 is 1.10 bits per heavy atom. The molecule has 7 heteroatoms. The van der Waals surface area contributed by atoms with Crippen LogP contribution in [0.15, 0.2) is 138 Å². The fourth-order valence-corrected chi connectivity index (χ4v) is 15.3. The quantitative estimate of drug-likeness (QED) is 0.0385. The van der Waals surface area contributed by atoms with E-state index in [1.807, 2.05) is 17.4 Å². The molecule has 0 radical (unpaired) electrons. The minimum absolute atomic E-state index is 0.0756. The van der Waals surface area contributed by atoms with Crippen LogP contribution in [-0.2, 0) is 33.3 Å². The third-order valence-corrected chi connectivity index (χ3v) is 20.2. The Hall–Kier alpha value is -6.59. The smallest absolute Gasteiger partial charge is 0.271 e. The first-order valence-electron chi connectivity index (χ1n) is 29.6. The van der Waals surface area contributed by atoms with E-state index in [0.717, 1.165) is 86.1 Å². The number of benzene rings is 5. The van der Waals surface area contributed by atoms with Crippen molar-refractivity contribution in [1.29, 1.82) is 5.26 Å². The Bertz CT molecular complexity index is 3410. The molecule has 1 unspecified atom stereocenters. The fourth-order valence-electron chi connectivity index (χ4n) is 12.8. The van der Waals surface area contributed by atoms with Crippen LogP contribution >= 0.6 is 22.7 Å². The lowest BCUT2D eigenvalue weighted by Gasteiger charge is -2.30. The van der Waals surface area contributed by atoms with Gasteiger partial charge in [-0.15, -0.1) is 22.7 Å². The largest absolute Gasteiger partial charge is 0.310 e. The molecule has 0 saturated heterocycles. The molecule has 1 aliphatic heterocycles. The van der Waals surface area contributed by atoms with Crippen LogP contribution < -0.4 is 4.90 Å². The number of carbonyl (C=O) groups excluding carboxylic acids is 2. The van der Waals surface area contributed by atoms with Gasteiger partial charge in [0, 0.05) is 59.5 Å². The van der Waals surface area contributed by atoms with Crippen molar-refractivity contribution in [1.82, 2.24) is 4.90 Å². The molecule has 2 aliphatic carbocycles. The van der Waals surface area contributed by atoms with E-state index in [9.17, 15) is 14.9 Å². The van der Waals surface area contributed by atoms with Crippen molar-refractivity contribution in [3.8, 4) is 48.5 Å². The molecular formula is C72H79N3O2S2. The van der Waals surface area contributed by atoms with Crippen LogP contribution in [0, 0.1) is 17.2 Å². The van der Waals surface area contributed by atoms with Gasteiger partial charge in [0.1, 0.15) is 11.6 Å². The van der Waals surface area contributed by atoms with Gasteiger partial charge in [-0.3, -0.25) is 14.5 Å². The Morgan fingerprint density at radius 3 is 1.66 bits per heavy atom. The van der Waals surface area contributed by atoms with Crippen LogP contribution in [0.4, 0.5) is 17.1 Å². The number of carbonyl (C=O) groups is 2. The zero-order valence-electron chi connectivity index (χ0n) is 48.3. The highest BCUT2D eigenvalue weighted by Crippen LogP contribution is 2.54. The predicted octanol–water partition coefficient (Wildman–Crippen LogP) is 20.3. The number of amides is 2. The number of nitriles is 1. The third kappa shape index (κ3) is 10.7. The molecule has 406 valence electrons. The monoisotopic (exact) mass is 1080 g/mol. The van der Waals surface area contributed by atoms with Crippen molar-refractivity contribution in [2.45, 2.75) is 163 Å². The van der Waals surface area contributed by atoms with E-state index in [4.69, 9.17) is 0 Å². The summed E-state index contributed by atoms with van der Waals surface area (Å²) in [5.41, 5.74) is 18.7. The number of fused-ring (bicyclic) bond motifs is 6. The summed E-state index contributed by atoms with van der Waals surface area (Å²) in [5, 5.41) is 10.3. The molecule has 3 heterocycles. The first-order chi connectivity index (χ1) is 38.2. The number of anilines is 3. The lowest BCUT2D eigenvalue weighted by molar-refractivity contribution is -0.141. The average molecular weight is 1080 g/mol. The van der Waals surface area contributed by atoms with Gasteiger partial charge >= 0.3 is 0 Å². The molecule has 0 spiro atoms. The molecule has 2 amide bonds. The van der Waals surface area contributed by atoms with E-state index in [0.29, 0.717) is 17.7 Å². The topological polar surface area (TPSA) is 64.4 Å². The summed E-state index contributed by atoms with van der Waals surface area (Å²) in [6.07, 6.45) is 17.1. The van der Waals surface area contributed by atoms with Crippen LogP contribution in [0.25, 0.3) is 48.5 Å². The highest BCUT2D eigenvalue weighted by molar-refractivity contribution is 7.24. The van der Waals surface area contributed by atoms with Gasteiger partial charge in [-0.1, -0.05) is 186 Å². The summed E-state index contributed by atoms with van der Waals surface area (Å²) in [4.78, 5) is 36.9. The van der Waals surface area contributed by atoms with E-state index in [2.05, 4.69) is 188 Å². The number of aryl methyl sites for hydroxylation is 2. The standard InChI is InChI=1S/C72H79N3O2S2/c1-10-14-17-19-26-50-40-66(78-65(50)44-59-47(5)60(45-73)70(77)74(69(59)76)46-48(13-4)25-16-12-3)67-41-51(27-20-18-15-11-2)68(79-67)49-32-34-52(35-33-49)75(53-36-38-57-55-28-21-23-30-61(55)71(6,7)63(57)42-53)54-37-39-58-56-29-22-24-31-62(56)72(8,9)64(58)43-54/h21-24,28-44,48H,10-20,25-27,46H2,1-9H3. The second-order valence-corrected chi connectivity index (χ2v) is 25.7. The SMILES string of the molecule is CCCCCCc1cc(-c2cc(CCCCCC)c(-c3ccc(N(c4ccc5c(c4)C(C)(C)c4ccccc4-5)c4ccc5c(c4)C(C)(C)c4ccccc4-5)cc3)s2)sc1C=C1C(=O)N(CC(CC)CCCC)C(=O)C(C#N)=C1C. The highest BCUT2D eigenvalue weighted by Gasteiger charge is 2.39. The Kier molecular flexibility index (Phi) is 16.7. The number of nitrogens with zero attached hydrogens (tertiary/aromatic N) is 3. The second-order valence-electron chi connectivity index (χ2n) is 23.6. The molecule has 2 aromatic heterocycles. The fraction of sp³-hybridized carbons (Fsp3) is 0.375. The van der Waals surface area contributed by atoms with Crippen molar-refractivity contribution in [2.75, 3.05) is 11.4 Å². The van der Waals surface area contributed by atoms with Crippen molar-refractivity contribution >= 4 is 57.6 Å². The molecule has 0 fully saturated rings. The van der Waals surface area contributed by atoms with E-state index in [1.54, 1.807) is 18.3 Å². The molecule has 79 heavy (non-hydrogen) atoms. The van der Waals surface area contributed by atoms with Gasteiger partial charge < -0.3 is 4.90 Å². The lowest BCUT2D eigenvalue weighted by atomic mass is 9.82. The van der Waals surface area contributed by atoms with Crippen molar-refractivity contribution < 1.29 is 9.59 Å². The van der Waals surface area contributed by atoms with Gasteiger partial charge in [-0.25, -0.2) is 0 Å². The first kappa shape index (κ1) is 55.7. The van der Waals surface area contributed by atoms with Crippen molar-refractivity contribution in [2.24, 2.45) is 5.92 Å². The number of hydrogen-bond acceptors (Lipinski definition) is 6. The van der Waals surface area contributed by atoms with Gasteiger partial charge in [-0.2, -0.15) is 5.26 Å². The zero-order chi connectivity index (χ0) is 55.6. The Morgan fingerprint density at radius 1 is 0.582 bits per heavy atom. The lowest BCUT2D eigenvalue weighted by Crippen LogP contribution is -2.45. The normalized spacial score (nSPS) is 15.8. The van der Waals surface area contributed by atoms with Crippen LogP contribution in [0.2, 0.25) is 0 Å². The third-order valence-electron chi connectivity index (χ3n) is 17.6. The summed E-state index contributed by atoms with van der Waals surface area (Å²) in [6.45, 7) is 20.4.